The number of amidine groups is 1. The van der Waals surface area contributed by atoms with E-state index in [4.69, 9.17) is 21.3 Å². The first-order valence-electron chi connectivity index (χ1n) is 9.95. The summed E-state index contributed by atoms with van der Waals surface area (Å²) >= 11 is 6.00. The van der Waals surface area contributed by atoms with Gasteiger partial charge in [0.25, 0.3) is 5.91 Å². The highest BCUT2D eigenvalue weighted by Crippen LogP contribution is 2.36. The number of fused-ring (bicyclic) bond motifs is 1. The number of hydrogen-bond donors (Lipinski definition) is 2. The third-order valence-electron chi connectivity index (χ3n) is 5.51. The van der Waals surface area contributed by atoms with Gasteiger partial charge in [-0.15, -0.1) is 0 Å². The van der Waals surface area contributed by atoms with Crippen LogP contribution in [-0.2, 0) is 4.74 Å². The molecule has 2 aromatic rings. The molecule has 158 valence electrons. The Hall–Kier alpha value is -2.64. The van der Waals surface area contributed by atoms with Crippen molar-refractivity contribution in [3.8, 4) is 0 Å². The zero-order chi connectivity index (χ0) is 21.1. The first kappa shape index (κ1) is 20.6. The number of carbonyl (C=O) groups is 1. The van der Waals surface area contributed by atoms with Gasteiger partial charge in [-0.2, -0.15) is 0 Å². The van der Waals surface area contributed by atoms with Gasteiger partial charge in [-0.3, -0.25) is 9.79 Å². The number of piperidine rings is 1. The van der Waals surface area contributed by atoms with Crippen molar-refractivity contribution in [2.24, 2.45) is 4.99 Å². The molecule has 1 amide bonds. The second kappa shape index (κ2) is 8.62. The lowest BCUT2D eigenvalue weighted by molar-refractivity contribution is 0.0689. The van der Waals surface area contributed by atoms with E-state index in [0.717, 1.165) is 30.1 Å². The topological polar surface area (TPSA) is 66.0 Å². The molecule has 2 N–H and O–H groups in total. The molecule has 1 atom stereocenters. The van der Waals surface area contributed by atoms with Gasteiger partial charge in [0.05, 0.1) is 36.6 Å². The maximum Gasteiger partial charge on any atom is 0.256 e. The van der Waals surface area contributed by atoms with E-state index in [9.17, 15) is 9.18 Å². The lowest BCUT2D eigenvalue weighted by atomic mass is 9.84. The number of halogens is 2. The number of para-hydroxylation sites is 2. The summed E-state index contributed by atoms with van der Waals surface area (Å²) in [6.07, 6.45) is 1.55. The Labute approximate surface area is 180 Å². The minimum absolute atomic E-state index is 0.0124. The normalized spacial score (nSPS) is 21.8. The van der Waals surface area contributed by atoms with Gasteiger partial charge in [0.15, 0.2) is 0 Å². The van der Waals surface area contributed by atoms with Crippen molar-refractivity contribution in [2.45, 2.75) is 18.4 Å². The molecule has 0 radical (unpaired) electrons. The van der Waals surface area contributed by atoms with Crippen molar-refractivity contribution in [2.75, 3.05) is 44.0 Å². The monoisotopic (exact) mass is 430 g/mol. The lowest BCUT2D eigenvalue weighted by Crippen LogP contribution is -2.62. The van der Waals surface area contributed by atoms with E-state index in [0.29, 0.717) is 31.3 Å². The number of hydrogen-bond acceptors (Lipinski definition) is 4. The van der Waals surface area contributed by atoms with Crippen LogP contribution in [0.5, 0.6) is 0 Å². The highest BCUT2D eigenvalue weighted by atomic mass is 35.5. The van der Waals surface area contributed by atoms with Crippen LogP contribution >= 0.6 is 11.6 Å². The fourth-order valence-electron chi connectivity index (χ4n) is 4.06. The second-order valence-corrected chi connectivity index (χ2v) is 7.99. The number of ether oxygens (including phenoxy) is 1. The van der Waals surface area contributed by atoms with Crippen LogP contribution in [0.4, 0.5) is 15.8 Å². The molecule has 2 aromatic carbocycles. The average molecular weight is 431 g/mol. The summed E-state index contributed by atoms with van der Waals surface area (Å²) in [6.45, 7) is 1.91. The molecule has 2 aliphatic heterocycles. The van der Waals surface area contributed by atoms with E-state index in [1.807, 2.05) is 24.3 Å². The first-order chi connectivity index (χ1) is 14.5. The molecule has 30 heavy (non-hydrogen) atoms. The molecule has 1 saturated heterocycles. The van der Waals surface area contributed by atoms with Crippen molar-refractivity contribution in [3.05, 3.63) is 58.9 Å². The smallest absolute Gasteiger partial charge is 0.256 e. The van der Waals surface area contributed by atoms with Gasteiger partial charge in [0.2, 0.25) is 0 Å². The predicted octanol–water partition coefficient (Wildman–Crippen LogP) is 4.04. The zero-order valence-electron chi connectivity index (χ0n) is 16.8. The number of rotatable bonds is 4. The molecule has 0 aliphatic carbocycles. The molecule has 1 spiro atoms. The van der Waals surface area contributed by atoms with Gasteiger partial charge in [-0.05, 0) is 43.2 Å². The Balaban J connectivity index is 1.66. The minimum Gasteiger partial charge on any atom is -0.383 e. The maximum atomic E-state index is 14.3. The van der Waals surface area contributed by atoms with Crippen LogP contribution in [-0.4, -0.2) is 55.5 Å². The molecule has 0 unspecified atom stereocenters. The van der Waals surface area contributed by atoms with Gasteiger partial charge in [0, 0.05) is 18.7 Å². The minimum atomic E-state index is -0.578. The molecule has 0 saturated carbocycles. The summed E-state index contributed by atoms with van der Waals surface area (Å²) in [4.78, 5) is 19.5. The molecular formula is C22H24ClFN4O2. The van der Waals surface area contributed by atoms with Crippen LogP contribution < -0.4 is 10.6 Å². The highest BCUT2D eigenvalue weighted by Gasteiger charge is 2.44. The van der Waals surface area contributed by atoms with E-state index < -0.39 is 11.4 Å². The number of amides is 1. The van der Waals surface area contributed by atoms with Crippen LogP contribution in [0.15, 0.2) is 47.5 Å². The standard InChI is InChI=1S/C22H24ClFN4O2/c1-30-12-10-25-21-22(27-19-6-3-2-5-18(19)26-21)9-4-11-28(14-22)20(29)16-13-15(23)7-8-17(16)24/h2-3,5-8,13,27H,4,9-12,14H2,1H3,(H,25,26)/t22-/m1/s1. The van der Waals surface area contributed by atoms with Crippen LogP contribution in [0, 0.1) is 5.82 Å². The van der Waals surface area contributed by atoms with Crippen molar-refractivity contribution >= 4 is 34.7 Å². The fourth-order valence-corrected chi connectivity index (χ4v) is 4.23. The number of aliphatic imine (C=N–C) groups is 1. The fraction of sp³-hybridized carbons (Fsp3) is 0.364. The summed E-state index contributed by atoms with van der Waals surface area (Å²) in [5.74, 6) is -0.175. The van der Waals surface area contributed by atoms with Crippen LogP contribution in [0.1, 0.15) is 23.2 Å². The number of nitrogens with zero attached hydrogens (tertiary/aromatic N) is 2. The Bertz CT molecular complexity index is 983. The van der Waals surface area contributed by atoms with Crippen LogP contribution in [0.3, 0.4) is 0 Å². The van der Waals surface area contributed by atoms with Crippen LogP contribution in [0.2, 0.25) is 5.02 Å². The Morgan fingerprint density at radius 3 is 2.90 bits per heavy atom. The predicted molar refractivity (Wildman–Crippen MR) is 117 cm³/mol. The molecule has 6 nitrogen and oxygen atoms in total. The Morgan fingerprint density at radius 1 is 1.30 bits per heavy atom. The largest absolute Gasteiger partial charge is 0.383 e. The van der Waals surface area contributed by atoms with Crippen molar-refractivity contribution in [1.29, 1.82) is 0 Å². The SMILES string of the molecule is COCCN=C1Nc2ccccc2N[C@@]12CCCN(C(=O)c1cc(Cl)ccc1F)C2. The van der Waals surface area contributed by atoms with Crippen LogP contribution in [0.25, 0.3) is 0 Å². The van der Waals surface area contributed by atoms with E-state index in [-0.39, 0.29) is 11.5 Å². The third kappa shape index (κ3) is 4.00. The van der Waals surface area contributed by atoms with Gasteiger partial charge in [-0.25, -0.2) is 4.39 Å². The molecule has 2 aliphatic rings. The lowest BCUT2D eigenvalue weighted by Gasteiger charge is -2.47. The summed E-state index contributed by atoms with van der Waals surface area (Å²) in [6, 6.07) is 11.9. The average Bonchev–Trinajstić information content (AvgIpc) is 2.75. The molecular weight excluding hydrogens is 407 g/mol. The summed E-state index contributed by atoms with van der Waals surface area (Å²) in [5, 5.41) is 7.37. The zero-order valence-corrected chi connectivity index (χ0v) is 17.5. The van der Waals surface area contributed by atoms with Gasteiger partial charge in [0.1, 0.15) is 17.2 Å². The number of anilines is 2. The molecule has 0 bridgehead atoms. The summed E-state index contributed by atoms with van der Waals surface area (Å²) < 4.78 is 19.5. The first-order valence-corrected chi connectivity index (χ1v) is 10.3. The molecule has 2 heterocycles. The molecule has 4 rings (SSSR count). The highest BCUT2D eigenvalue weighted by molar-refractivity contribution is 6.31. The van der Waals surface area contributed by atoms with E-state index >= 15 is 0 Å². The van der Waals surface area contributed by atoms with Gasteiger partial charge >= 0.3 is 0 Å². The number of benzene rings is 2. The van der Waals surface area contributed by atoms with Crippen molar-refractivity contribution < 1.29 is 13.9 Å². The van der Waals surface area contributed by atoms with E-state index in [1.165, 1.54) is 18.2 Å². The quantitative estimate of drug-likeness (QED) is 0.718. The Morgan fingerprint density at radius 2 is 2.10 bits per heavy atom. The summed E-state index contributed by atoms with van der Waals surface area (Å²) in [5.41, 5.74) is 1.29. The number of carbonyl (C=O) groups excluding carboxylic acids is 1. The third-order valence-corrected chi connectivity index (χ3v) is 5.75. The second-order valence-electron chi connectivity index (χ2n) is 7.56. The maximum absolute atomic E-state index is 14.3. The van der Waals surface area contributed by atoms with Gasteiger partial charge < -0.3 is 20.3 Å². The van der Waals surface area contributed by atoms with Crippen molar-refractivity contribution in [1.82, 2.24) is 4.90 Å². The number of likely N-dealkylation sites (tertiary alicyclic amines) is 1. The molecule has 8 heteroatoms. The molecule has 1 fully saturated rings. The molecule has 0 aromatic heterocycles. The van der Waals surface area contributed by atoms with Gasteiger partial charge in [-0.1, -0.05) is 23.7 Å². The Kier molecular flexibility index (Phi) is 5.92. The number of methoxy groups -OCH3 is 1. The number of nitrogens with one attached hydrogen (secondary N) is 2. The van der Waals surface area contributed by atoms with E-state index in [2.05, 4.69) is 10.6 Å². The van der Waals surface area contributed by atoms with E-state index in [1.54, 1.807) is 12.0 Å². The summed E-state index contributed by atoms with van der Waals surface area (Å²) in [7, 11) is 1.64. The van der Waals surface area contributed by atoms with Crippen molar-refractivity contribution in [3.63, 3.8) is 0 Å².